The molecule has 0 amide bonds. The Morgan fingerprint density at radius 3 is 2.52 bits per heavy atom. The molecule has 0 saturated heterocycles. The second kappa shape index (κ2) is 8.16. The fourth-order valence-electron chi connectivity index (χ4n) is 2.84. The van der Waals surface area contributed by atoms with Crippen molar-refractivity contribution >= 4 is 21.6 Å². The van der Waals surface area contributed by atoms with E-state index in [4.69, 9.17) is 9.47 Å². The first-order chi connectivity index (χ1) is 13.6. The van der Waals surface area contributed by atoms with E-state index in [0.717, 1.165) is 11.3 Å². The monoisotopic (exact) mass is 429 g/mol. The smallest absolute Gasteiger partial charge is 0.417 e. The summed E-state index contributed by atoms with van der Waals surface area (Å²) in [6, 6.07) is 8.95. The molecule has 0 saturated carbocycles. The largest absolute Gasteiger partial charge is 0.493 e. The first-order valence-electron chi connectivity index (χ1n) is 8.85. The minimum Gasteiger partial charge on any atom is -0.493 e. The number of rotatable bonds is 7. The zero-order valence-corrected chi connectivity index (χ0v) is 16.5. The Hall–Kier alpha value is -2.39. The summed E-state index contributed by atoms with van der Waals surface area (Å²) in [6.45, 7) is 1.30. The average molecular weight is 429 g/mol. The van der Waals surface area contributed by atoms with Gasteiger partial charge in [-0.1, -0.05) is 24.3 Å². The number of aryl methyl sites for hydroxylation is 1. The maximum atomic E-state index is 13.3. The van der Waals surface area contributed by atoms with Crippen molar-refractivity contribution in [2.45, 2.75) is 38.0 Å². The van der Waals surface area contributed by atoms with E-state index in [1.165, 1.54) is 26.2 Å². The molecule has 3 aromatic rings. The number of benzene rings is 2. The highest BCUT2D eigenvalue weighted by Gasteiger charge is 2.51. The van der Waals surface area contributed by atoms with Crippen molar-refractivity contribution in [1.29, 1.82) is 0 Å². The summed E-state index contributed by atoms with van der Waals surface area (Å²) in [6.07, 6.45) is -5.56. The summed E-state index contributed by atoms with van der Waals surface area (Å²) in [7, 11) is 1.41. The lowest BCUT2D eigenvalue weighted by atomic mass is 9.91. The van der Waals surface area contributed by atoms with E-state index < -0.39 is 24.6 Å². The predicted octanol–water partition coefficient (Wildman–Crippen LogP) is 5.87. The minimum atomic E-state index is -4.69. The van der Waals surface area contributed by atoms with E-state index >= 15 is 0 Å². The molecule has 1 N–H and O–H groups in total. The van der Waals surface area contributed by atoms with Gasteiger partial charge in [0.2, 0.25) is 0 Å². The van der Waals surface area contributed by atoms with Gasteiger partial charge in [-0.25, -0.2) is 9.37 Å². The van der Waals surface area contributed by atoms with Crippen LogP contribution in [-0.2, 0) is 6.42 Å². The Morgan fingerprint density at radius 1 is 1.10 bits per heavy atom. The molecule has 3 rings (SSSR count). The number of aliphatic hydroxyl groups is 1. The van der Waals surface area contributed by atoms with Crippen molar-refractivity contribution in [3.63, 3.8) is 0 Å². The van der Waals surface area contributed by atoms with E-state index in [9.17, 15) is 22.7 Å². The second-order valence-electron chi connectivity index (χ2n) is 6.56. The van der Waals surface area contributed by atoms with Crippen LogP contribution < -0.4 is 9.47 Å². The Morgan fingerprint density at radius 2 is 1.86 bits per heavy atom. The summed E-state index contributed by atoms with van der Waals surface area (Å²) >= 11 is 1.16. The maximum absolute atomic E-state index is 13.3. The van der Waals surface area contributed by atoms with Gasteiger partial charge >= 0.3 is 6.18 Å². The summed E-state index contributed by atoms with van der Waals surface area (Å²) in [4.78, 5) is 4.27. The van der Waals surface area contributed by atoms with Gasteiger partial charge in [-0.05, 0) is 55.2 Å². The minimum absolute atomic E-state index is 0.0148. The van der Waals surface area contributed by atoms with Gasteiger partial charge in [0.25, 0.3) is 5.19 Å². The normalized spacial score (nSPS) is 14.0. The lowest BCUT2D eigenvalue weighted by Gasteiger charge is -2.29. The summed E-state index contributed by atoms with van der Waals surface area (Å²) < 4.78 is 64.1. The molecule has 0 radical (unpaired) electrons. The molecule has 29 heavy (non-hydrogen) atoms. The van der Waals surface area contributed by atoms with E-state index in [-0.39, 0.29) is 17.4 Å². The van der Waals surface area contributed by atoms with Gasteiger partial charge in [0.05, 0.1) is 17.3 Å². The van der Waals surface area contributed by atoms with Crippen LogP contribution >= 0.6 is 11.3 Å². The van der Waals surface area contributed by atoms with Crippen molar-refractivity contribution in [1.82, 2.24) is 4.98 Å². The van der Waals surface area contributed by atoms with Gasteiger partial charge in [0, 0.05) is 0 Å². The standard InChI is InChI=1S/C20H19F4NO3S/c1-3-19(26,20(22,23)24)9-8-12-4-7-15(16(10-12)27-2)28-18-25-14-6-5-13(21)11-17(14)29-18/h4-7,10-11,26H,3,8-9H2,1-2H3. The van der Waals surface area contributed by atoms with Gasteiger partial charge in [-0.15, -0.1) is 0 Å². The van der Waals surface area contributed by atoms with Gasteiger partial charge < -0.3 is 14.6 Å². The Bertz CT molecular complexity index is 1010. The van der Waals surface area contributed by atoms with Crippen LogP contribution in [0.25, 0.3) is 10.2 Å². The first kappa shape index (κ1) is 21.3. The molecule has 1 heterocycles. The Labute approximate surface area is 168 Å². The highest BCUT2D eigenvalue weighted by atomic mass is 32.1. The predicted molar refractivity (Wildman–Crippen MR) is 102 cm³/mol. The molecule has 9 heteroatoms. The number of hydrogen-bond acceptors (Lipinski definition) is 5. The van der Waals surface area contributed by atoms with Crippen LogP contribution in [0.1, 0.15) is 25.3 Å². The molecule has 0 bridgehead atoms. The lowest BCUT2D eigenvalue weighted by molar-refractivity contribution is -0.263. The molecule has 1 unspecified atom stereocenters. The number of ether oxygens (including phenoxy) is 2. The zero-order chi connectivity index (χ0) is 21.2. The molecule has 1 atom stereocenters. The molecule has 0 aliphatic heterocycles. The molecule has 1 aromatic heterocycles. The topological polar surface area (TPSA) is 51.6 Å². The molecular formula is C20H19F4NO3S. The first-order valence-corrected chi connectivity index (χ1v) is 9.67. The number of hydrogen-bond donors (Lipinski definition) is 1. The Kier molecular flexibility index (Phi) is 6.00. The second-order valence-corrected chi connectivity index (χ2v) is 7.56. The van der Waals surface area contributed by atoms with Crippen molar-refractivity contribution in [2.24, 2.45) is 0 Å². The van der Waals surface area contributed by atoms with Crippen LogP contribution in [0.5, 0.6) is 16.7 Å². The van der Waals surface area contributed by atoms with Gasteiger partial charge in [-0.2, -0.15) is 13.2 Å². The van der Waals surface area contributed by atoms with Crippen molar-refractivity contribution in [2.75, 3.05) is 7.11 Å². The lowest BCUT2D eigenvalue weighted by Crippen LogP contribution is -2.44. The number of halogens is 4. The highest BCUT2D eigenvalue weighted by Crippen LogP contribution is 2.39. The number of methoxy groups -OCH3 is 1. The van der Waals surface area contributed by atoms with E-state index in [0.29, 0.717) is 27.3 Å². The molecule has 2 aromatic carbocycles. The van der Waals surface area contributed by atoms with Crippen LogP contribution in [-0.4, -0.2) is 29.0 Å². The highest BCUT2D eigenvalue weighted by molar-refractivity contribution is 7.20. The summed E-state index contributed by atoms with van der Waals surface area (Å²) in [5.74, 6) is 0.276. The molecular weight excluding hydrogens is 410 g/mol. The van der Waals surface area contributed by atoms with E-state index in [2.05, 4.69) is 4.98 Å². The number of thiazole rings is 1. The third-order valence-corrected chi connectivity index (χ3v) is 5.59. The van der Waals surface area contributed by atoms with Crippen molar-refractivity contribution in [3.8, 4) is 16.7 Å². The van der Waals surface area contributed by atoms with Crippen LogP contribution in [0.2, 0.25) is 0 Å². The van der Waals surface area contributed by atoms with Crippen LogP contribution in [0.15, 0.2) is 36.4 Å². The Balaban J connectivity index is 1.77. The van der Waals surface area contributed by atoms with Gasteiger partial charge in [-0.3, -0.25) is 0 Å². The van der Waals surface area contributed by atoms with E-state index in [1.54, 1.807) is 24.3 Å². The molecule has 0 aliphatic rings. The zero-order valence-electron chi connectivity index (χ0n) is 15.7. The van der Waals surface area contributed by atoms with Crippen LogP contribution in [0.4, 0.5) is 17.6 Å². The molecule has 156 valence electrons. The average Bonchev–Trinajstić information content (AvgIpc) is 3.07. The number of aromatic nitrogens is 1. The van der Waals surface area contributed by atoms with Crippen LogP contribution in [0, 0.1) is 5.82 Å². The fourth-order valence-corrected chi connectivity index (χ4v) is 3.69. The van der Waals surface area contributed by atoms with E-state index in [1.807, 2.05) is 0 Å². The number of fused-ring (bicyclic) bond motifs is 1. The molecule has 0 spiro atoms. The maximum Gasteiger partial charge on any atom is 0.417 e. The summed E-state index contributed by atoms with van der Waals surface area (Å²) in [5.41, 5.74) is -1.57. The van der Waals surface area contributed by atoms with Crippen molar-refractivity contribution < 1.29 is 32.1 Å². The molecule has 0 fully saturated rings. The molecule has 4 nitrogen and oxygen atoms in total. The fraction of sp³-hybridized carbons (Fsp3) is 0.350. The van der Waals surface area contributed by atoms with Crippen molar-refractivity contribution in [3.05, 3.63) is 47.8 Å². The third-order valence-electron chi connectivity index (χ3n) is 4.70. The van der Waals surface area contributed by atoms with Gasteiger partial charge in [0.1, 0.15) is 5.82 Å². The summed E-state index contributed by atoms with van der Waals surface area (Å²) in [5, 5.41) is 10.2. The third kappa shape index (κ3) is 4.62. The number of alkyl halides is 3. The SMILES string of the molecule is CCC(O)(CCc1ccc(Oc2nc3ccc(F)cc3s2)c(OC)c1)C(F)(F)F. The quantitative estimate of drug-likeness (QED) is 0.477. The number of nitrogens with zero attached hydrogens (tertiary/aromatic N) is 1. The van der Waals surface area contributed by atoms with Gasteiger partial charge in [0.15, 0.2) is 17.1 Å². The van der Waals surface area contributed by atoms with Crippen LogP contribution in [0.3, 0.4) is 0 Å². The molecule has 0 aliphatic carbocycles.